The Hall–Kier alpha value is -3.61. The minimum Gasteiger partial charge on any atom is -0.492 e. The summed E-state index contributed by atoms with van der Waals surface area (Å²) in [5, 5.41) is 2.77. The molecule has 222 valence electrons. The van der Waals surface area contributed by atoms with Gasteiger partial charge >= 0.3 is 0 Å². The van der Waals surface area contributed by atoms with E-state index in [0.29, 0.717) is 52.8 Å². The maximum atomic E-state index is 12.8. The van der Waals surface area contributed by atoms with E-state index in [4.69, 9.17) is 14.5 Å². The van der Waals surface area contributed by atoms with Crippen LogP contribution in [-0.2, 0) is 19.1 Å². The van der Waals surface area contributed by atoms with E-state index in [1.165, 1.54) is 0 Å². The molecular formula is C33H51N3O4. The van der Waals surface area contributed by atoms with Crippen LogP contribution >= 0.6 is 0 Å². The summed E-state index contributed by atoms with van der Waals surface area (Å²) in [4.78, 5) is 31.3. The fourth-order valence-electron chi connectivity index (χ4n) is 3.78. The van der Waals surface area contributed by atoms with Crippen molar-refractivity contribution in [2.45, 2.75) is 81.6 Å². The molecule has 0 saturated heterocycles. The van der Waals surface area contributed by atoms with Crippen molar-refractivity contribution >= 4 is 17.4 Å². The lowest BCUT2D eigenvalue weighted by Crippen LogP contribution is -2.26. The molecule has 0 fully saturated rings. The van der Waals surface area contributed by atoms with Crippen LogP contribution in [0.25, 0.3) is 0 Å². The molecule has 1 aliphatic heterocycles. The monoisotopic (exact) mass is 553 g/mol. The average molecular weight is 554 g/mol. The zero-order valence-corrected chi connectivity index (χ0v) is 26.3. The van der Waals surface area contributed by atoms with Gasteiger partial charge in [0.05, 0.1) is 12.2 Å². The first kappa shape index (κ1) is 36.4. The Kier molecular flexibility index (Phi) is 18.5. The number of Topliss-reactive ketones (excluding diaryl/α,β-unsaturated/α-hetero) is 1. The molecule has 0 unspecified atom stereocenters. The molecule has 0 spiro atoms. The molecule has 7 nitrogen and oxygen atoms in total. The van der Waals surface area contributed by atoms with Gasteiger partial charge in [0.25, 0.3) is 0 Å². The van der Waals surface area contributed by atoms with Crippen molar-refractivity contribution < 1.29 is 19.1 Å². The number of nitrogens with one attached hydrogen (secondary N) is 1. The van der Waals surface area contributed by atoms with Crippen LogP contribution < -0.4 is 5.32 Å². The van der Waals surface area contributed by atoms with E-state index in [-0.39, 0.29) is 24.7 Å². The highest BCUT2D eigenvalue weighted by molar-refractivity contribution is 6.20. The zero-order chi connectivity index (χ0) is 30.7. The number of aliphatic imine (C=N–C) groups is 1. The van der Waals surface area contributed by atoms with Gasteiger partial charge in [-0.25, -0.2) is 4.99 Å². The highest BCUT2D eigenvalue weighted by Crippen LogP contribution is 2.32. The van der Waals surface area contributed by atoms with Gasteiger partial charge in [-0.05, 0) is 45.4 Å². The molecule has 7 heteroatoms. The normalized spacial score (nSPS) is 16.2. The van der Waals surface area contributed by atoms with Gasteiger partial charge in [-0.2, -0.15) is 0 Å². The fourth-order valence-corrected chi connectivity index (χ4v) is 3.78. The lowest BCUT2D eigenvalue weighted by atomic mass is 10.00. The molecule has 0 atom stereocenters. The van der Waals surface area contributed by atoms with E-state index in [1.54, 1.807) is 32.1 Å². The van der Waals surface area contributed by atoms with Crippen LogP contribution in [0.1, 0.15) is 81.6 Å². The summed E-state index contributed by atoms with van der Waals surface area (Å²) in [7, 11) is 0. The predicted octanol–water partition coefficient (Wildman–Crippen LogP) is 7.33. The number of rotatable bonds is 12. The van der Waals surface area contributed by atoms with E-state index in [1.807, 2.05) is 46.8 Å². The Morgan fingerprint density at radius 2 is 1.90 bits per heavy atom. The number of nitrogens with zero attached hydrogens (tertiary/aromatic N) is 2. The summed E-state index contributed by atoms with van der Waals surface area (Å²) in [5.41, 5.74) is 3.20. The number of allylic oxidation sites excluding steroid dienone is 7. The van der Waals surface area contributed by atoms with Crippen molar-refractivity contribution in [2.75, 3.05) is 26.2 Å². The van der Waals surface area contributed by atoms with Gasteiger partial charge in [0.1, 0.15) is 23.8 Å². The highest BCUT2D eigenvalue weighted by atomic mass is 16.5. The Labute approximate surface area is 242 Å². The van der Waals surface area contributed by atoms with Crippen molar-refractivity contribution in [3.8, 4) is 0 Å². The third kappa shape index (κ3) is 10.9. The summed E-state index contributed by atoms with van der Waals surface area (Å²) in [5.74, 6) is 1.46. The summed E-state index contributed by atoms with van der Waals surface area (Å²) in [6, 6.07) is 0. The van der Waals surface area contributed by atoms with Crippen LogP contribution in [0.5, 0.6) is 0 Å². The van der Waals surface area contributed by atoms with Crippen LogP contribution in [-0.4, -0.2) is 48.5 Å². The number of ketones is 1. The Balaban J connectivity index is 0.00000363. The van der Waals surface area contributed by atoms with Gasteiger partial charge in [0.15, 0.2) is 11.5 Å². The van der Waals surface area contributed by atoms with Gasteiger partial charge < -0.3 is 19.7 Å². The Bertz CT molecular complexity index is 1070. The minimum absolute atomic E-state index is 0.0292. The number of amides is 1. The second-order valence-corrected chi connectivity index (χ2v) is 8.35. The van der Waals surface area contributed by atoms with Gasteiger partial charge in [0, 0.05) is 48.9 Å². The van der Waals surface area contributed by atoms with E-state index >= 15 is 0 Å². The molecule has 0 saturated carbocycles. The van der Waals surface area contributed by atoms with Crippen molar-refractivity contribution in [3.63, 3.8) is 0 Å². The maximum absolute atomic E-state index is 12.8. The molecule has 0 radical (unpaired) electrons. The number of hydrogen-bond donors (Lipinski definition) is 1. The number of hydrogen-bond acceptors (Lipinski definition) is 6. The summed E-state index contributed by atoms with van der Waals surface area (Å²) >= 11 is 0. The minimum atomic E-state index is -0.0423. The predicted molar refractivity (Wildman–Crippen MR) is 168 cm³/mol. The van der Waals surface area contributed by atoms with Gasteiger partial charge in [-0.3, -0.25) is 9.59 Å². The van der Waals surface area contributed by atoms with Crippen LogP contribution in [0, 0.1) is 0 Å². The molecule has 1 heterocycles. The van der Waals surface area contributed by atoms with Crippen LogP contribution in [0.4, 0.5) is 0 Å². The third-order valence-corrected chi connectivity index (χ3v) is 5.85. The first-order chi connectivity index (χ1) is 19.3. The molecule has 1 amide bonds. The molecular weight excluding hydrogens is 502 g/mol. The third-order valence-electron chi connectivity index (χ3n) is 5.85. The molecule has 0 aromatic rings. The Morgan fingerprint density at radius 1 is 1.23 bits per heavy atom. The van der Waals surface area contributed by atoms with E-state index in [9.17, 15) is 9.59 Å². The van der Waals surface area contributed by atoms with Crippen LogP contribution in [0.2, 0.25) is 0 Å². The smallest absolute Gasteiger partial charge is 0.219 e. The van der Waals surface area contributed by atoms with E-state index in [0.717, 1.165) is 25.2 Å². The number of carbonyl (C=O) groups is 2. The lowest BCUT2D eigenvalue weighted by molar-refractivity contribution is -0.121. The summed E-state index contributed by atoms with van der Waals surface area (Å²) in [6.45, 7) is 28.2. The zero-order valence-electron chi connectivity index (χ0n) is 26.3. The van der Waals surface area contributed by atoms with Crippen molar-refractivity contribution in [3.05, 3.63) is 83.4 Å². The van der Waals surface area contributed by atoms with E-state index < -0.39 is 0 Å². The second kappa shape index (κ2) is 20.3. The molecule has 1 N–H and O–H groups in total. The Morgan fingerprint density at radius 3 is 2.45 bits per heavy atom. The quantitative estimate of drug-likeness (QED) is 0.155. The molecule has 0 bridgehead atoms. The SMILES string of the molecule is C=C/C(=C\C1=C(C)C(=O)CC=C2O/C(=C/C(=C\C)N(CC)CCC)C(=C)N=C21)OCCNC(=O)CC.CC.CC. The number of fused-ring (bicyclic) bond motifs is 1. The van der Waals surface area contributed by atoms with Crippen molar-refractivity contribution in [2.24, 2.45) is 4.99 Å². The average Bonchev–Trinajstić information content (AvgIpc) is 3.09. The largest absolute Gasteiger partial charge is 0.492 e. The molecule has 40 heavy (non-hydrogen) atoms. The fraction of sp³-hybridized carbons (Fsp3) is 0.485. The van der Waals surface area contributed by atoms with Crippen molar-refractivity contribution in [1.29, 1.82) is 0 Å². The molecule has 0 aromatic heterocycles. The number of likely N-dealkylation sites (N-methyl/N-ethyl adjacent to an activating group) is 1. The van der Waals surface area contributed by atoms with Gasteiger partial charge in [0.2, 0.25) is 5.91 Å². The molecule has 2 aliphatic rings. The number of carbonyl (C=O) groups excluding carboxylic acids is 2. The first-order valence-corrected chi connectivity index (χ1v) is 14.6. The maximum Gasteiger partial charge on any atom is 0.219 e. The van der Waals surface area contributed by atoms with E-state index in [2.05, 4.69) is 37.2 Å². The molecule has 0 aromatic carbocycles. The molecule has 1 aliphatic carbocycles. The summed E-state index contributed by atoms with van der Waals surface area (Å²) in [6.07, 6.45) is 10.7. The lowest BCUT2D eigenvalue weighted by Gasteiger charge is -2.26. The highest BCUT2D eigenvalue weighted by Gasteiger charge is 2.28. The molecule has 2 rings (SSSR count). The van der Waals surface area contributed by atoms with Gasteiger partial charge in [-0.15, -0.1) is 0 Å². The second-order valence-electron chi connectivity index (χ2n) is 8.35. The van der Waals surface area contributed by atoms with Crippen LogP contribution in [0.15, 0.2) is 88.3 Å². The topological polar surface area (TPSA) is 80.2 Å². The van der Waals surface area contributed by atoms with Crippen molar-refractivity contribution in [1.82, 2.24) is 10.2 Å². The first-order valence-electron chi connectivity index (χ1n) is 14.6. The summed E-state index contributed by atoms with van der Waals surface area (Å²) < 4.78 is 12.1. The van der Waals surface area contributed by atoms with Gasteiger partial charge in [-0.1, -0.05) is 60.8 Å². The number of ether oxygens (including phenoxy) is 2. The standard InChI is InChI=1S/C29H39N3O4.2C2H6/c1-8-16-32(12-5)22(9-2)18-27-21(7)31-29-24(20(6)25(33)13-14-26(29)36-27)19-23(10-3)35-17-15-30-28(34)11-4;2*1-2/h9-10,14,18-19H,3,7-8,11-13,15-17H2,1-2,4-6H3,(H,30,34);2*1-2H3/b22-9+,23-19+,27-18+;;. The van der Waals surface area contributed by atoms with Crippen LogP contribution in [0.3, 0.4) is 0 Å².